The van der Waals surface area contributed by atoms with Crippen molar-refractivity contribution in [2.75, 3.05) is 14.2 Å². The van der Waals surface area contributed by atoms with Crippen LogP contribution in [0.1, 0.15) is 38.0 Å². The van der Waals surface area contributed by atoms with Crippen LogP contribution < -0.4 is 9.47 Å². The minimum Gasteiger partial charge on any atom is -0.497 e. The number of hydrogen-bond donors (Lipinski definition) is 0. The number of benzene rings is 3. The molecular formula is C25H30O2. The van der Waals surface area contributed by atoms with Gasteiger partial charge in [-0.1, -0.05) is 75.9 Å². The van der Waals surface area contributed by atoms with Gasteiger partial charge in [0, 0.05) is 5.41 Å². The van der Waals surface area contributed by atoms with Gasteiger partial charge in [0.2, 0.25) is 0 Å². The zero-order valence-electron chi connectivity index (χ0n) is 15.9. The van der Waals surface area contributed by atoms with Crippen LogP contribution >= 0.6 is 0 Å². The maximum Gasteiger partial charge on any atom is 0.118 e. The monoisotopic (exact) mass is 362 g/mol. The first kappa shape index (κ1) is 20.6. The van der Waals surface area contributed by atoms with Crippen molar-refractivity contribution < 1.29 is 9.47 Å². The van der Waals surface area contributed by atoms with Crippen molar-refractivity contribution in [3.63, 3.8) is 0 Å². The summed E-state index contributed by atoms with van der Waals surface area (Å²) < 4.78 is 10.7. The summed E-state index contributed by atoms with van der Waals surface area (Å²) in [4.78, 5) is 0. The highest BCUT2D eigenvalue weighted by atomic mass is 16.5. The van der Waals surface area contributed by atoms with E-state index in [1.165, 1.54) is 16.7 Å². The number of methoxy groups -OCH3 is 2. The Hall–Kier alpha value is -2.74. The van der Waals surface area contributed by atoms with Crippen LogP contribution in [0.3, 0.4) is 0 Å². The molecule has 3 aromatic rings. The molecule has 0 heterocycles. The summed E-state index contributed by atoms with van der Waals surface area (Å²) in [6.07, 6.45) is 0. The zero-order chi connectivity index (χ0) is 18.6. The molecule has 3 aromatic carbocycles. The van der Waals surface area contributed by atoms with Crippen LogP contribution in [-0.2, 0) is 5.41 Å². The molecule has 0 aliphatic heterocycles. The maximum atomic E-state index is 5.37. The molecule has 0 aliphatic carbocycles. The van der Waals surface area contributed by atoms with E-state index >= 15 is 0 Å². The SMILES string of the molecule is C.COc1ccc(C(c2ccccc2)(c2ccc(OC)cc2)C(C)C)cc1. The molecule has 2 heteroatoms. The average Bonchev–Trinajstić information content (AvgIpc) is 2.70. The Morgan fingerprint density at radius 1 is 0.593 bits per heavy atom. The van der Waals surface area contributed by atoms with Gasteiger partial charge in [0.1, 0.15) is 11.5 Å². The highest BCUT2D eigenvalue weighted by Crippen LogP contribution is 2.45. The van der Waals surface area contributed by atoms with E-state index in [2.05, 4.69) is 68.4 Å². The smallest absolute Gasteiger partial charge is 0.118 e. The van der Waals surface area contributed by atoms with Gasteiger partial charge in [-0.15, -0.1) is 0 Å². The van der Waals surface area contributed by atoms with Gasteiger partial charge in [0.15, 0.2) is 0 Å². The van der Waals surface area contributed by atoms with Crippen molar-refractivity contribution in [2.45, 2.75) is 26.7 Å². The van der Waals surface area contributed by atoms with Crippen LogP contribution in [-0.4, -0.2) is 14.2 Å². The second kappa shape index (κ2) is 8.77. The molecule has 0 fully saturated rings. The van der Waals surface area contributed by atoms with Crippen molar-refractivity contribution in [1.29, 1.82) is 0 Å². The van der Waals surface area contributed by atoms with Gasteiger partial charge >= 0.3 is 0 Å². The van der Waals surface area contributed by atoms with E-state index in [0.29, 0.717) is 5.92 Å². The topological polar surface area (TPSA) is 18.5 Å². The van der Waals surface area contributed by atoms with Crippen LogP contribution in [0.25, 0.3) is 0 Å². The predicted molar refractivity (Wildman–Crippen MR) is 114 cm³/mol. The summed E-state index contributed by atoms with van der Waals surface area (Å²) in [7, 11) is 3.40. The average molecular weight is 363 g/mol. The fraction of sp³-hybridized carbons (Fsp3) is 0.280. The highest BCUT2D eigenvalue weighted by Gasteiger charge is 2.39. The fourth-order valence-electron chi connectivity index (χ4n) is 3.91. The molecular weight excluding hydrogens is 332 g/mol. The standard InChI is InChI=1S/C24H26O2.CH4/c1-18(2)24(19-8-6-5-7-9-19,20-10-14-22(25-3)15-11-20)21-12-16-23(26-4)17-13-21;/h5-18H,1-4H3;1H4. The summed E-state index contributed by atoms with van der Waals surface area (Å²) >= 11 is 0. The summed E-state index contributed by atoms with van der Waals surface area (Å²) in [6.45, 7) is 4.56. The molecule has 27 heavy (non-hydrogen) atoms. The van der Waals surface area contributed by atoms with E-state index in [4.69, 9.17) is 9.47 Å². The highest BCUT2D eigenvalue weighted by molar-refractivity contribution is 5.52. The second-order valence-electron chi connectivity index (χ2n) is 6.79. The summed E-state index contributed by atoms with van der Waals surface area (Å²) in [5.41, 5.74) is 3.54. The first-order valence-electron chi connectivity index (χ1n) is 8.97. The van der Waals surface area contributed by atoms with E-state index in [-0.39, 0.29) is 12.8 Å². The number of ether oxygens (including phenoxy) is 2. The van der Waals surface area contributed by atoms with E-state index in [9.17, 15) is 0 Å². The Labute approximate surface area is 163 Å². The lowest BCUT2D eigenvalue weighted by Crippen LogP contribution is -2.35. The van der Waals surface area contributed by atoms with Gasteiger partial charge < -0.3 is 9.47 Å². The molecule has 2 nitrogen and oxygen atoms in total. The minimum atomic E-state index is -0.250. The van der Waals surface area contributed by atoms with Gasteiger partial charge in [-0.05, 0) is 46.9 Å². The van der Waals surface area contributed by atoms with Gasteiger partial charge in [-0.3, -0.25) is 0 Å². The molecule has 0 spiro atoms. The molecule has 0 unspecified atom stereocenters. The van der Waals surface area contributed by atoms with Crippen molar-refractivity contribution in [3.8, 4) is 11.5 Å². The summed E-state index contributed by atoms with van der Waals surface area (Å²) in [5, 5.41) is 0. The Bertz CT molecular complexity index is 771. The zero-order valence-corrected chi connectivity index (χ0v) is 15.9. The Morgan fingerprint density at radius 2 is 0.963 bits per heavy atom. The van der Waals surface area contributed by atoms with Crippen LogP contribution in [0.15, 0.2) is 78.9 Å². The molecule has 0 amide bonds. The third-order valence-corrected chi connectivity index (χ3v) is 5.19. The maximum absolute atomic E-state index is 5.37. The normalized spacial score (nSPS) is 11.0. The second-order valence-corrected chi connectivity index (χ2v) is 6.79. The Kier molecular flexibility index (Phi) is 6.68. The van der Waals surface area contributed by atoms with Crippen molar-refractivity contribution >= 4 is 0 Å². The molecule has 0 bridgehead atoms. The lowest BCUT2D eigenvalue weighted by atomic mass is 9.63. The van der Waals surface area contributed by atoms with Crippen LogP contribution in [0, 0.1) is 5.92 Å². The summed E-state index contributed by atoms with van der Waals surface area (Å²) in [6, 6.07) is 27.6. The van der Waals surface area contributed by atoms with Crippen LogP contribution in [0.4, 0.5) is 0 Å². The Balaban J connectivity index is 0.00000261. The first-order chi connectivity index (χ1) is 12.6. The molecule has 0 saturated heterocycles. The largest absolute Gasteiger partial charge is 0.497 e. The predicted octanol–water partition coefficient (Wildman–Crippen LogP) is 6.33. The lowest BCUT2D eigenvalue weighted by molar-refractivity contribution is 0.409. The molecule has 0 aliphatic rings. The third kappa shape index (κ3) is 3.71. The molecule has 0 atom stereocenters. The molecule has 142 valence electrons. The van der Waals surface area contributed by atoms with Gasteiger partial charge in [0.05, 0.1) is 14.2 Å². The molecule has 3 rings (SSSR count). The van der Waals surface area contributed by atoms with Gasteiger partial charge in [-0.2, -0.15) is 0 Å². The molecule has 0 radical (unpaired) electrons. The van der Waals surface area contributed by atoms with Crippen molar-refractivity contribution in [1.82, 2.24) is 0 Å². The molecule has 0 saturated carbocycles. The van der Waals surface area contributed by atoms with Gasteiger partial charge in [-0.25, -0.2) is 0 Å². The van der Waals surface area contributed by atoms with E-state index < -0.39 is 0 Å². The molecule has 0 aromatic heterocycles. The minimum absolute atomic E-state index is 0. The first-order valence-corrected chi connectivity index (χ1v) is 8.97. The van der Waals surface area contributed by atoms with E-state index in [1.807, 2.05) is 24.3 Å². The fourth-order valence-corrected chi connectivity index (χ4v) is 3.91. The van der Waals surface area contributed by atoms with Crippen molar-refractivity contribution in [3.05, 3.63) is 95.6 Å². The lowest BCUT2D eigenvalue weighted by Gasteiger charge is -2.40. The Morgan fingerprint density at radius 3 is 1.30 bits per heavy atom. The van der Waals surface area contributed by atoms with Gasteiger partial charge in [0.25, 0.3) is 0 Å². The van der Waals surface area contributed by atoms with E-state index in [0.717, 1.165) is 11.5 Å². The summed E-state index contributed by atoms with van der Waals surface area (Å²) in [5.74, 6) is 2.09. The third-order valence-electron chi connectivity index (χ3n) is 5.19. The number of rotatable bonds is 6. The molecule has 0 N–H and O–H groups in total. The number of hydrogen-bond acceptors (Lipinski definition) is 2. The quantitative estimate of drug-likeness (QED) is 0.477. The van der Waals surface area contributed by atoms with E-state index in [1.54, 1.807) is 14.2 Å². The van der Waals surface area contributed by atoms with Crippen LogP contribution in [0.5, 0.6) is 11.5 Å². The van der Waals surface area contributed by atoms with Crippen LogP contribution in [0.2, 0.25) is 0 Å². The van der Waals surface area contributed by atoms with Crippen molar-refractivity contribution in [2.24, 2.45) is 5.92 Å².